The van der Waals surface area contributed by atoms with Gasteiger partial charge in [-0.1, -0.05) is 13.3 Å². The maximum Gasteiger partial charge on any atom is 0.337 e. The van der Waals surface area contributed by atoms with E-state index in [4.69, 9.17) is 5.11 Å². The van der Waals surface area contributed by atoms with Gasteiger partial charge in [0, 0.05) is 6.04 Å². The summed E-state index contributed by atoms with van der Waals surface area (Å²) in [5.74, 6) is -0.451. The third-order valence-corrected chi connectivity index (χ3v) is 4.31. The summed E-state index contributed by atoms with van der Waals surface area (Å²) in [7, 11) is 0. The lowest BCUT2D eigenvalue weighted by Gasteiger charge is -2.28. The predicted molar refractivity (Wildman–Crippen MR) is 79.4 cm³/mol. The summed E-state index contributed by atoms with van der Waals surface area (Å²) in [6.07, 6.45) is 5.54. The van der Waals surface area contributed by atoms with Crippen LogP contribution in [-0.2, 0) is 0 Å². The second-order valence-corrected chi connectivity index (χ2v) is 5.73. The number of nitrogens with one attached hydrogen (secondary N) is 1. The molecule has 0 aromatic carbocycles. The van der Waals surface area contributed by atoms with Crippen molar-refractivity contribution in [1.29, 1.82) is 0 Å². The number of hydrogen-bond donors (Lipinski definition) is 2. The molecule has 2 rings (SSSR count). The van der Waals surface area contributed by atoms with Crippen LogP contribution in [-0.4, -0.2) is 28.0 Å². The van der Waals surface area contributed by atoms with Gasteiger partial charge in [0.05, 0.1) is 11.3 Å². The first-order chi connectivity index (χ1) is 10.0. The number of aromatic nitrogens is 1. The third kappa shape index (κ3) is 3.80. The minimum atomic E-state index is -1.02. The molecule has 1 aliphatic rings. The molecule has 1 aromatic heterocycles. The van der Waals surface area contributed by atoms with E-state index in [1.165, 1.54) is 18.6 Å². The molecule has 5 heteroatoms. The molecule has 1 aromatic rings. The number of pyridine rings is 1. The van der Waals surface area contributed by atoms with Crippen molar-refractivity contribution in [2.75, 3.05) is 0 Å². The maximum absolute atomic E-state index is 12.2. The van der Waals surface area contributed by atoms with Crippen molar-refractivity contribution < 1.29 is 14.7 Å². The van der Waals surface area contributed by atoms with E-state index < -0.39 is 5.97 Å². The highest BCUT2D eigenvalue weighted by Gasteiger charge is 2.22. The van der Waals surface area contributed by atoms with E-state index >= 15 is 0 Å². The number of carbonyl (C=O) groups excluding carboxylic acids is 1. The molecular weight excluding hydrogens is 268 g/mol. The minimum absolute atomic E-state index is 0.134. The number of carbonyl (C=O) groups is 2. The highest BCUT2D eigenvalue weighted by molar-refractivity contribution is 5.94. The van der Waals surface area contributed by atoms with Gasteiger partial charge in [-0.05, 0) is 50.7 Å². The Hall–Kier alpha value is -1.91. The Labute approximate surface area is 124 Å². The molecule has 0 bridgehead atoms. The van der Waals surface area contributed by atoms with Crippen LogP contribution in [0.1, 0.15) is 65.6 Å². The zero-order chi connectivity index (χ0) is 15.4. The van der Waals surface area contributed by atoms with Crippen LogP contribution in [0, 0.1) is 12.8 Å². The number of carboxylic acid groups (broad SMARTS) is 1. The van der Waals surface area contributed by atoms with E-state index in [0.29, 0.717) is 5.69 Å². The first-order valence-electron chi connectivity index (χ1n) is 7.53. The lowest BCUT2D eigenvalue weighted by molar-refractivity contribution is 0.0694. The molecule has 2 N–H and O–H groups in total. The van der Waals surface area contributed by atoms with Crippen LogP contribution in [0.5, 0.6) is 0 Å². The van der Waals surface area contributed by atoms with Crippen molar-refractivity contribution in [2.24, 2.45) is 5.92 Å². The van der Waals surface area contributed by atoms with Gasteiger partial charge in [-0.25, -0.2) is 9.78 Å². The SMILES string of the molecule is CCC1CCC(NC(=O)c2ccc(C(=O)O)c(C)n2)CC1. The van der Waals surface area contributed by atoms with Gasteiger partial charge in [-0.2, -0.15) is 0 Å². The van der Waals surface area contributed by atoms with E-state index in [0.717, 1.165) is 31.6 Å². The fourth-order valence-electron chi connectivity index (χ4n) is 2.89. The fraction of sp³-hybridized carbons (Fsp3) is 0.562. The van der Waals surface area contributed by atoms with Crippen molar-refractivity contribution in [2.45, 2.75) is 52.0 Å². The fourth-order valence-corrected chi connectivity index (χ4v) is 2.89. The first kappa shape index (κ1) is 15.5. The summed E-state index contributed by atoms with van der Waals surface area (Å²) in [4.78, 5) is 27.2. The van der Waals surface area contributed by atoms with Crippen LogP contribution in [0.4, 0.5) is 0 Å². The Kier molecular flexibility index (Phi) is 4.94. The summed E-state index contributed by atoms with van der Waals surface area (Å²) in [5.41, 5.74) is 0.787. The average molecular weight is 290 g/mol. The molecule has 1 fully saturated rings. The lowest BCUT2D eigenvalue weighted by Crippen LogP contribution is -2.38. The average Bonchev–Trinajstić information content (AvgIpc) is 2.47. The van der Waals surface area contributed by atoms with Gasteiger partial charge in [0.15, 0.2) is 0 Å². The molecular formula is C16H22N2O3. The number of rotatable bonds is 4. The maximum atomic E-state index is 12.2. The quantitative estimate of drug-likeness (QED) is 0.893. The molecule has 1 saturated carbocycles. The van der Waals surface area contributed by atoms with Crippen molar-refractivity contribution in [3.8, 4) is 0 Å². The molecule has 0 saturated heterocycles. The Morgan fingerprint density at radius 3 is 2.48 bits per heavy atom. The second kappa shape index (κ2) is 6.70. The highest BCUT2D eigenvalue weighted by Crippen LogP contribution is 2.26. The Morgan fingerprint density at radius 1 is 1.29 bits per heavy atom. The van der Waals surface area contributed by atoms with Gasteiger partial charge in [-0.3, -0.25) is 4.79 Å². The molecule has 0 spiro atoms. The van der Waals surface area contributed by atoms with Crippen LogP contribution in [0.25, 0.3) is 0 Å². The number of hydrogen-bond acceptors (Lipinski definition) is 3. The zero-order valence-electron chi connectivity index (χ0n) is 12.6. The summed E-state index contributed by atoms with van der Waals surface area (Å²) >= 11 is 0. The lowest BCUT2D eigenvalue weighted by atomic mass is 9.84. The minimum Gasteiger partial charge on any atom is -0.478 e. The molecule has 0 radical (unpaired) electrons. The molecule has 21 heavy (non-hydrogen) atoms. The molecule has 1 aliphatic carbocycles. The Balaban J connectivity index is 1.98. The summed E-state index contributed by atoms with van der Waals surface area (Å²) in [6.45, 7) is 3.81. The van der Waals surface area contributed by atoms with Crippen LogP contribution in [0.15, 0.2) is 12.1 Å². The van der Waals surface area contributed by atoms with Gasteiger partial charge in [0.25, 0.3) is 5.91 Å². The predicted octanol–water partition coefficient (Wildman–Crippen LogP) is 2.79. The number of amides is 1. The number of aryl methyl sites for hydroxylation is 1. The zero-order valence-corrected chi connectivity index (χ0v) is 12.6. The summed E-state index contributed by atoms with van der Waals surface area (Å²) in [6, 6.07) is 3.12. The molecule has 0 unspecified atom stereocenters. The molecule has 0 aliphatic heterocycles. The van der Waals surface area contributed by atoms with Crippen LogP contribution >= 0.6 is 0 Å². The van der Waals surface area contributed by atoms with E-state index in [-0.39, 0.29) is 23.2 Å². The Morgan fingerprint density at radius 2 is 1.95 bits per heavy atom. The van der Waals surface area contributed by atoms with Crippen LogP contribution in [0.3, 0.4) is 0 Å². The van der Waals surface area contributed by atoms with Crippen molar-refractivity contribution >= 4 is 11.9 Å². The smallest absolute Gasteiger partial charge is 0.337 e. The van der Waals surface area contributed by atoms with E-state index in [2.05, 4.69) is 17.2 Å². The summed E-state index contributed by atoms with van der Waals surface area (Å²) in [5, 5.41) is 12.0. The van der Waals surface area contributed by atoms with Crippen LogP contribution < -0.4 is 5.32 Å². The summed E-state index contributed by atoms with van der Waals surface area (Å²) < 4.78 is 0. The van der Waals surface area contributed by atoms with Gasteiger partial charge in [0.1, 0.15) is 5.69 Å². The van der Waals surface area contributed by atoms with Crippen molar-refractivity contribution in [1.82, 2.24) is 10.3 Å². The van der Waals surface area contributed by atoms with E-state index in [1.54, 1.807) is 6.92 Å². The molecule has 1 heterocycles. The normalized spacial score (nSPS) is 21.8. The van der Waals surface area contributed by atoms with E-state index in [9.17, 15) is 9.59 Å². The number of nitrogens with zero attached hydrogens (tertiary/aromatic N) is 1. The van der Waals surface area contributed by atoms with Gasteiger partial charge in [0.2, 0.25) is 0 Å². The molecule has 114 valence electrons. The highest BCUT2D eigenvalue weighted by atomic mass is 16.4. The standard InChI is InChI=1S/C16H22N2O3/c1-3-11-4-6-12(7-5-11)18-15(19)14-9-8-13(16(20)21)10(2)17-14/h8-9,11-12H,3-7H2,1-2H3,(H,18,19)(H,20,21). The second-order valence-electron chi connectivity index (χ2n) is 5.73. The van der Waals surface area contributed by atoms with Crippen molar-refractivity contribution in [3.05, 3.63) is 29.1 Å². The number of aromatic carboxylic acids is 1. The van der Waals surface area contributed by atoms with Gasteiger partial charge in [-0.15, -0.1) is 0 Å². The largest absolute Gasteiger partial charge is 0.478 e. The topological polar surface area (TPSA) is 79.3 Å². The Bertz CT molecular complexity index is 534. The molecule has 0 atom stereocenters. The van der Waals surface area contributed by atoms with Crippen LogP contribution in [0.2, 0.25) is 0 Å². The third-order valence-electron chi connectivity index (χ3n) is 4.31. The van der Waals surface area contributed by atoms with Crippen molar-refractivity contribution in [3.63, 3.8) is 0 Å². The van der Waals surface area contributed by atoms with Gasteiger partial charge < -0.3 is 10.4 Å². The first-order valence-corrected chi connectivity index (χ1v) is 7.53. The molecule has 5 nitrogen and oxygen atoms in total. The molecule has 1 amide bonds. The van der Waals surface area contributed by atoms with Gasteiger partial charge >= 0.3 is 5.97 Å². The van der Waals surface area contributed by atoms with E-state index in [1.807, 2.05) is 0 Å². The number of carboxylic acids is 1. The monoisotopic (exact) mass is 290 g/mol.